The number of nitrogens with one attached hydrogen (secondary N) is 1. The van der Waals surface area contributed by atoms with Gasteiger partial charge in [0.15, 0.2) is 9.84 Å². The third-order valence-electron chi connectivity index (χ3n) is 3.59. The first-order valence-corrected chi connectivity index (χ1v) is 7.93. The number of aromatic nitrogens is 2. The molecule has 1 aromatic heterocycles. The summed E-state index contributed by atoms with van der Waals surface area (Å²) in [6, 6.07) is 0. The van der Waals surface area contributed by atoms with Crippen LogP contribution in [0.4, 0.5) is 5.82 Å². The lowest BCUT2D eigenvalue weighted by atomic mass is 10.1. The number of anilines is 1. The van der Waals surface area contributed by atoms with Gasteiger partial charge in [0.25, 0.3) is 0 Å². The fourth-order valence-electron chi connectivity index (χ4n) is 2.56. The number of nitrogen functional groups attached to an aromatic ring is 1. The van der Waals surface area contributed by atoms with Crippen LogP contribution in [0.3, 0.4) is 0 Å². The van der Waals surface area contributed by atoms with E-state index in [1.54, 1.807) is 0 Å². The molecule has 98 valence electrons. The Kier molecular flexibility index (Phi) is 2.74. The molecule has 1 unspecified atom stereocenters. The van der Waals surface area contributed by atoms with Gasteiger partial charge in [-0.15, -0.1) is 0 Å². The first-order chi connectivity index (χ1) is 8.55. The van der Waals surface area contributed by atoms with Crippen LogP contribution in [0.15, 0.2) is 0 Å². The quantitative estimate of drug-likeness (QED) is 0.719. The van der Waals surface area contributed by atoms with Gasteiger partial charge in [-0.1, -0.05) is 0 Å². The van der Waals surface area contributed by atoms with E-state index in [9.17, 15) is 8.42 Å². The number of hydrogen-bond acceptors (Lipinski definition) is 6. The average molecular weight is 268 g/mol. The SMILES string of the molecule is Nc1nc(C2CCNC2)nc2c1CCS(=O)(=O)C2. The standard InChI is InChI=1S/C11H16N4O2S/c12-10-8-2-4-18(16,17)6-9(8)14-11(15-10)7-1-3-13-5-7/h7,13H,1-6H2,(H2,12,14,15). The van der Waals surface area contributed by atoms with Gasteiger partial charge >= 0.3 is 0 Å². The Morgan fingerprint density at radius 1 is 1.33 bits per heavy atom. The fourth-order valence-corrected chi connectivity index (χ4v) is 3.87. The van der Waals surface area contributed by atoms with Crippen LogP contribution in [-0.2, 0) is 22.0 Å². The van der Waals surface area contributed by atoms with Crippen molar-refractivity contribution >= 4 is 15.7 Å². The minimum atomic E-state index is -3.01. The Hall–Kier alpha value is -1.21. The molecule has 0 spiro atoms. The molecule has 0 aliphatic carbocycles. The first kappa shape index (κ1) is 11.9. The van der Waals surface area contributed by atoms with Gasteiger partial charge in [-0.05, 0) is 19.4 Å². The number of fused-ring (bicyclic) bond motifs is 1. The Bertz CT molecular complexity index is 579. The zero-order valence-corrected chi connectivity index (χ0v) is 10.8. The van der Waals surface area contributed by atoms with Crippen molar-refractivity contribution in [1.29, 1.82) is 0 Å². The fraction of sp³-hybridized carbons (Fsp3) is 0.636. The smallest absolute Gasteiger partial charge is 0.156 e. The highest BCUT2D eigenvalue weighted by Gasteiger charge is 2.28. The molecule has 18 heavy (non-hydrogen) atoms. The van der Waals surface area contributed by atoms with Gasteiger partial charge in [0.05, 0.1) is 17.2 Å². The van der Waals surface area contributed by atoms with Gasteiger partial charge in [-0.25, -0.2) is 18.4 Å². The van der Waals surface area contributed by atoms with Gasteiger partial charge in [0.1, 0.15) is 11.6 Å². The van der Waals surface area contributed by atoms with E-state index < -0.39 is 9.84 Å². The summed E-state index contributed by atoms with van der Waals surface area (Å²) in [7, 11) is -3.01. The van der Waals surface area contributed by atoms with E-state index in [0.717, 1.165) is 25.1 Å². The minimum Gasteiger partial charge on any atom is -0.383 e. The molecule has 3 rings (SSSR count). The van der Waals surface area contributed by atoms with E-state index in [2.05, 4.69) is 15.3 Å². The molecule has 0 amide bonds. The third kappa shape index (κ3) is 2.08. The molecule has 6 nitrogen and oxygen atoms in total. The Balaban J connectivity index is 2.02. The average Bonchev–Trinajstić information content (AvgIpc) is 2.80. The predicted molar refractivity (Wildman–Crippen MR) is 67.9 cm³/mol. The highest BCUT2D eigenvalue weighted by atomic mass is 32.2. The van der Waals surface area contributed by atoms with Gasteiger partial charge in [0, 0.05) is 18.0 Å². The summed E-state index contributed by atoms with van der Waals surface area (Å²) < 4.78 is 23.3. The normalized spacial score (nSPS) is 25.9. The van der Waals surface area contributed by atoms with E-state index in [1.165, 1.54) is 0 Å². The summed E-state index contributed by atoms with van der Waals surface area (Å²) in [6.45, 7) is 1.79. The van der Waals surface area contributed by atoms with Crippen molar-refractivity contribution in [2.45, 2.75) is 24.5 Å². The Labute approximate surface area is 106 Å². The molecule has 3 heterocycles. The largest absolute Gasteiger partial charge is 0.383 e. The third-order valence-corrected chi connectivity index (χ3v) is 5.13. The number of hydrogen-bond donors (Lipinski definition) is 2. The molecule has 2 aliphatic heterocycles. The van der Waals surface area contributed by atoms with Gasteiger partial charge in [-0.3, -0.25) is 0 Å². The van der Waals surface area contributed by atoms with E-state index in [1.807, 2.05) is 0 Å². The lowest BCUT2D eigenvalue weighted by molar-refractivity contribution is 0.589. The minimum absolute atomic E-state index is 0.00218. The van der Waals surface area contributed by atoms with Crippen LogP contribution in [0.5, 0.6) is 0 Å². The van der Waals surface area contributed by atoms with Gasteiger partial charge < -0.3 is 11.1 Å². The Morgan fingerprint density at radius 2 is 2.17 bits per heavy atom. The monoisotopic (exact) mass is 268 g/mol. The number of rotatable bonds is 1. The van der Waals surface area contributed by atoms with Crippen molar-refractivity contribution in [3.05, 3.63) is 17.1 Å². The zero-order chi connectivity index (χ0) is 12.8. The van der Waals surface area contributed by atoms with Crippen molar-refractivity contribution < 1.29 is 8.42 Å². The molecule has 2 aliphatic rings. The molecule has 0 bridgehead atoms. The van der Waals surface area contributed by atoms with Crippen LogP contribution < -0.4 is 11.1 Å². The summed E-state index contributed by atoms with van der Waals surface area (Å²) in [5.74, 6) is 1.55. The summed E-state index contributed by atoms with van der Waals surface area (Å²) in [4.78, 5) is 8.79. The lowest BCUT2D eigenvalue weighted by Crippen LogP contribution is -2.24. The lowest BCUT2D eigenvalue weighted by Gasteiger charge is -2.19. The molecule has 1 saturated heterocycles. The van der Waals surface area contributed by atoms with E-state index in [4.69, 9.17) is 5.73 Å². The van der Waals surface area contributed by atoms with Gasteiger partial charge in [-0.2, -0.15) is 0 Å². The second kappa shape index (κ2) is 4.17. The number of nitrogens with two attached hydrogens (primary N) is 1. The molecule has 1 atom stereocenters. The van der Waals surface area contributed by atoms with Crippen LogP contribution in [-0.4, -0.2) is 37.2 Å². The number of nitrogens with zero attached hydrogens (tertiary/aromatic N) is 2. The summed E-state index contributed by atoms with van der Waals surface area (Å²) in [5.41, 5.74) is 7.36. The van der Waals surface area contributed by atoms with Crippen LogP contribution in [0.1, 0.15) is 29.4 Å². The maximum atomic E-state index is 11.6. The highest BCUT2D eigenvalue weighted by Crippen LogP contribution is 2.27. The Morgan fingerprint density at radius 3 is 2.89 bits per heavy atom. The molecular formula is C11H16N4O2S. The van der Waals surface area contributed by atoms with E-state index >= 15 is 0 Å². The zero-order valence-electron chi connectivity index (χ0n) is 10.0. The van der Waals surface area contributed by atoms with Crippen molar-refractivity contribution in [2.24, 2.45) is 0 Å². The number of sulfone groups is 1. The van der Waals surface area contributed by atoms with Crippen LogP contribution in [0, 0.1) is 0 Å². The molecule has 1 fully saturated rings. The second-order valence-corrected chi connectivity index (χ2v) is 7.11. The molecule has 3 N–H and O–H groups in total. The topological polar surface area (TPSA) is 98.0 Å². The second-order valence-electron chi connectivity index (χ2n) is 4.92. The van der Waals surface area contributed by atoms with Crippen LogP contribution in [0.25, 0.3) is 0 Å². The van der Waals surface area contributed by atoms with Crippen LogP contribution in [0.2, 0.25) is 0 Å². The predicted octanol–water partition coefficient (Wildman–Crippen LogP) is -0.393. The van der Waals surface area contributed by atoms with Crippen molar-refractivity contribution in [2.75, 3.05) is 24.6 Å². The van der Waals surface area contributed by atoms with Crippen molar-refractivity contribution in [3.8, 4) is 0 Å². The first-order valence-electron chi connectivity index (χ1n) is 6.11. The molecule has 0 saturated carbocycles. The molecule has 1 aromatic rings. The summed E-state index contributed by atoms with van der Waals surface area (Å²) >= 11 is 0. The maximum absolute atomic E-state index is 11.6. The molecule has 0 radical (unpaired) electrons. The van der Waals surface area contributed by atoms with Crippen LogP contribution >= 0.6 is 0 Å². The highest BCUT2D eigenvalue weighted by molar-refractivity contribution is 7.90. The molecule has 7 heteroatoms. The molecule has 0 aromatic carbocycles. The molecular weight excluding hydrogens is 252 g/mol. The maximum Gasteiger partial charge on any atom is 0.156 e. The summed E-state index contributed by atoms with van der Waals surface area (Å²) in [5, 5.41) is 3.25. The summed E-state index contributed by atoms with van der Waals surface area (Å²) in [6.07, 6.45) is 1.41. The van der Waals surface area contributed by atoms with Crippen molar-refractivity contribution in [3.63, 3.8) is 0 Å². The van der Waals surface area contributed by atoms with Crippen molar-refractivity contribution in [1.82, 2.24) is 15.3 Å². The van der Waals surface area contributed by atoms with E-state index in [-0.39, 0.29) is 17.4 Å². The van der Waals surface area contributed by atoms with E-state index in [0.29, 0.717) is 23.8 Å². The van der Waals surface area contributed by atoms with Gasteiger partial charge in [0.2, 0.25) is 0 Å².